The predicted molar refractivity (Wildman–Crippen MR) is 49.9 cm³/mol. The summed E-state index contributed by atoms with van der Waals surface area (Å²) in [6.07, 6.45) is -2.39. The molecule has 0 aliphatic heterocycles. The average molecular weight is 316 g/mol. The van der Waals surface area contributed by atoms with Crippen molar-refractivity contribution in [1.82, 2.24) is 0 Å². The molecule has 0 unspecified atom stereocenters. The van der Waals surface area contributed by atoms with Crippen LogP contribution in [0.3, 0.4) is 0 Å². The summed E-state index contributed by atoms with van der Waals surface area (Å²) in [5.74, 6) is 0. The second-order valence-electron chi connectivity index (χ2n) is 2.31. The van der Waals surface area contributed by atoms with Gasteiger partial charge in [-0.25, -0.2) is 8.78 Å². The number of hydrogen-bond acceptors (Lipinski definition) is 1. The Morgan fingerprint density at radius 2 is 1.93 bits per heavy atom. The average Bonchev–Trinajstić information content (AvgIpc) is 2.22. The van der Waals surface area contributed by atoms with Gasteiger partial charge in [-0.15, -0.1) is 5.56 Å². The Bertz CT molecular complexity index is 221. The first-order valence-electron chi connectivity index (χ1n) is 3.86. The second-order valence-corrected chi connectivity index (χ2v) is 2.31. The minimum absolute atomic E-state index is 0.235. The zero-order valence-electron chi connectivity index (χ0n) is 7.55. The van der Waals surface area contributed by atoms with Crippen molar-refractivity contribution < 1.29 is 29.9 Å². The van der Waals surface area contributed by atoms with Gasteiger partial charge in [-0.2, -0.15) is 30.3 Å². The van der Waals surface area contributed by atoms with Crippen LogP contribution in [0.4, 0.5) is 8.78 Å². The number of rotatable bonds is 4. The van der Waals surface area contributed by atoms with E-state index in [4.69, 9.17) is 4.74 Å². The third-order valence-corrected chi connectivity index (χ3v) is 1.30. The van der Waals surface area contributed by atoms with Crippen molar-refractivity contribution in [2.75, 3.05) is 6.61 Å². The predicted octanol–water partition coefficient (Wildman–Crippen LogP) is 3.11. The van der Waals surface area contributed by atoms with Crippen molar-refractivity contribution >= 4 is 13.6 Å². The van der Waals surface area contributed by atoms with Crippen LogP contribution in [0.15, 0.2) is 24.3 Å². The monoisotopic (exact) mass is 314 g/mol. The van der Waals surface area contributed by atoms with Crippen molar-refractivity contribution in [3.05, 3.63) is 35.9 Å². The van der Waals surface area contributed by atoms with E-state index in [1.54, 1.807) is 24.3 Å². The van der Waals surface area contributed by atoms with Crippen molar-refractivity contribution in [1.29, 1.82) is 0 Å². The topological polar surface area (TPSA) is 9.23 Å². The van der Waals surface area contributed by atoms with E-state index in [1.165, 1.54) is 16.3 Å². The van der Waals surface area contributed by atoms with E-state index in [9.17, 15) is 8.78 Å². The standard InChI is InChI=1S/C9H9F2O.BrH.Zn/c10-9(11)7-12-6-8-4-2-1-3-5-8;;/h2-5,9H,6-7H2;1H;/q-1;;+2/p-1. The van der Waals surface area contributed by atoms with E-state index in [0.29, 0.717) is 0 Å². The molecule has 1 nitrogen and oxygen atoms in total. The van der Waals surface area contributed by atoms with Crippen LogP contribution >= 0.6 is 13.6 Å². The second kappa shape index (κ2) is 9.69. The Labute approximate surface area is 98.9 Å². The van der Waals surface area contributed by atoms with Crippen molar-refractivity contribution in [3.63, 3.8) is 0 Å². The fraction of sp³-hybridized carbons (Fsp3) is 0.333. The summed E-state index contributed by atoms with van der Waals surface area (Å²) in [4.78, 5) is 0. The van der Waals surface area contributed by atoms with Gasteiger partial charge in [0.1, 0.15) is 6.61 Å². The molecule has 0 heterocycles. The van der Waals surface area contributed by atoms with E-state index in [1.807, 2.05) is 0 Å². The fourth-order valence-electron chi connectivity index (χ4n) is 0.784. The van der Waals surface area contributed by atoms with Gasteiger partial charge in [-0.3, -0.25) is 0 Å². The van der Waals surface area contributed by atoms with Crippen LogP contribution in [0.2, 0.25) is 0 Å². The Morgan fingerprint density at radius 1 is 1.36 bits per heavy atom. The van der Waals surface area contributed by atoms with Crippen LogP contribution in [0.1, 0.15) is 5.56 Å². The maximum atomic E-state index is 11.6. The number of halogens is 3. The van der Waals surface area contributed by atoms with Crippen LogP contribution < -0.4 is 0 Å². The van der Waals surface area contributed by atoms with Gasteiger partial charge in [-0.05, 0) is 0 Å². The van der Waals surface area contributed by atoms with Crippen molar-refractivity contribution in [2.24, 2.45) is 0 Å². The molecule has 0 saturated carbocycles. The van der Waals surface area contributed by atoms with Crippen LogP contribution in [0.5, 0.6) is 0 Å². The molecule has 0 N–H and O–H groups in total. The molecular weight excluding hydrogens is 307 g/mol. The fourth-order valence-corrected chi connectivity index (χ4v) is 0.784. The molecule has 1 rings (SSSR count). The number of alkyl halides is 2. The molecule has 0 amide bonds. The number of hydrogen-bond donors (Lipinski definition) is 0. The zero-order valence-corrected chi connectivity index (χ0v) is 12.1. The van der Waals surface area contributed by atoms with Gasteiger partial charge < -0.3 is 4.74 Å². The molecular formula is C9H9BrF2OZn. The van der Waals surface area contributed by atoms with Crippen LogP contribution in [-0.4, -0.2) is 13.0 Å². The molecule has 1 aromatic carbocycles. The summed E-state index contributed by atoms with van der Waals surface area (Å²) >= 11 is 4.25. The van der Waals surface area contributed by atoms with Crippen molar-refractivity contribution in [3.8, 4) is 0 Å². The van der Waals surface area contributed by atoms with Crippen LogP contribution in [0, 0.1) is 6.07 Å². The first kappa shape index (κ1) is 14.1. The molecule has 0 radical (unpaired) electrons. The Morgan fingerprint density at radius 3 is 2.43 bits per heavy atom. The summed E-state index contributed by atoms with van der Waals surface area (Å²) in [7, 11) is 0. The van der Waals surface area contributed by atoms with E-state index >= 15 is 0 Å². The molecule has 0 atom stereocenters. The maximum absolute atomic E-state index is 11.6. The molecule has 0 aliphatic carbocycles. The minimum atomic E-state index is -2.39. The summed E-state index contributed by atoms with van der Waals surface area (Å²) in [5, 5.41) is 0. The molecule has 5 heteroatoms. The zero-order chi connectivity index (χ0) is 10.8. The van der Waals surface area contributed by atoms with Gasteiger partial charge in [0.25, 0.3) is 6.43 Å². The van der Waals surface area contributed by atoms with Crippen LogP contribution in [0.25, 0.3) is 0 Å². The Kier molecular flexibility index (Phi) is 9.79. The van der Waals surface area contributed by atoms with Gasteiger partial charge in [0.05, 0.1) is 0 Å². The molecule has 0 aliphatic rings. The van der Waals surface area contributed by atoms with Crippen LogP contribution in [-0.2, 0) is 27.7 Å². The van der Waals surface area contributed by atoms with Gasteiger partial charge in [0.15, 0.2) is 0 Å². The first-order valence-corrected chi connectivity index (χ1v) is 10.8. The van der Waals surface area contributed by atoms with Gasteiger partial charge in [0.2, 0.25) is 0 Å². The molecule has 0 aromatic heterocycles. The van der Waals surface area contributed by atoms with E-state index in [-0.39, 0.29) is 6.61 Å². The molecule has 0 spiro atoms. The number of benzene rings is 1. The van der Waals surface area contributed by atoms with E-state index in [2.05, 4.69) is 19.7 Å². The third kappa shape index (κ3) is 7.54. The quantitative estimate of drug-likeness (QED) is 0.613. The molecule has 1 aromatic rings. The molecule has 0 fully saturated rings. The van der Waals surface area contributed by atoms with Crippen molar-refractivity contribution in [2.45, 2.75) is 13.0 Å². The van der Waals surface area contributed by atoms with Gasteiger partial charge in [0, 0.05) is 6.61 Å². The number of ether oxygens (including phenoxy) is 1. The summed E-state index contributed by atoms with van der Waals surface area (Å²) in [5.41, 5.74) is 0.884. The normalized spacial score (nSPS) is 9.57. The molecule has 14 heavy (non-hydrogen) atoms. The molecule has 74 valence electrons. The summed E-state index contributed by atoms with van der Waals surface area (Å²) < 4.78 is 27.9. The third-order valence-electron chi connectivity index (χ3n) is 1.30. The summed E-state index contributed by atoms with van der Waals surface area (Å²) in [6.45, 7) is -0.266. The Hall–Kier alpha value is 0.143. The summed E-state index contributed by atoms with van der Waals surface area (Å²) in [6, 6.07) is 9.84. The molecule has 0 saturated heterocycles. The van der Waals surface area contributed by atoms with E-state index < -0.39 is 13.0 Å². The first-order chi connectivity index (χ1) is 6.79. The van der Waals surface area contributed by atoms with Gasteiger partial charge in [-0.1, -0.05) is 0 Å². The van der Waals surface area contributed by atoms with Gasteiger partial charge >= 0.3 is 30.0 Å². The Balaban J connectivity index is 0.000000791. The van der Waals surface area contributed by atoms with E-state index in [0.717, 1.165) is 5.56 Å². The SMILES string of the molecule is FC(F)COCc1cc[c-]cc1.[Zn+][Br]. The molecule has 0 bridgehead atoms.